The Kier molecular flexibility index (Phi) is 6.72. The predicted molar refractivity (Wildman–Crippen MR) is 60.1 cm³/mol. The van der Waals surface area contributed by atoms with Crippen LogP contribution >= 0.6 is 0 Å². The molecular weight excluding hydrogens is 210 g/mol. The van der Waals surface area contributed by atoms with Gasteiger partial charge in [0.1, 0.15) is 0 Å². The second-order valence-corrected chi connectivity index (χ2v) is 4.36. The predicted octanol–water partition coefficient (Wildman–Crippen LogP) is 1.03. The fourth-order valence-corrected chi connectivity index (χ4v) is 1.41. The van der Waals surface area contributed by atoms with Crippen molar-refractivity contribution in [2.45, 2.75) is 46.3 Å². The van der Waals surface area contributed by atoms with Crippen molar-refractivity contribution in [3.63, 3.8) is 0 Å². The molecular formula is C11H21NO4. The molecule has 94 valence electrons. The summed E-state index contributed by atoms with van der Waals surface area (Å²) in [6, 6.07) is -0.966. The van der Waals surface area contributed by atoms with E-state index >= 15 is 0 Å². The van der Waals surface area contributed by atoms with Gasteiger partial charge >= 0.3 is 5.97 Å². The van der Waals surface area contributed by atoms with E-state index in [-0.39, 0.29) is 18.6 Å². The molecule has 5 heteroatoms. The highest BCUT2D eigenvalue weighted by Crippen LogP contribution is 2.07. The van der Waals surface area contributed by atoms with E-state index in [1.54, 1.807) is 0 Å². The minimum atomic E-state index is -1.08. The molecule has 0 aromatic rings. The normalized spacial score (nSPS) is 14.6. The van der Waals surface area contributed by atoms with E-state index in [2.05, 4.69) is 19.2 Å². The molecule has 1 amide bonds. The van der Waals surface area contributed by atoms with Crippen LogP contribution in [0.1, 0.15) is 34.1 Å². The van der Waals surface area contributed by atoms with E-state index in [1.165, 1.54) is 6.92 Å². The highest BCUT2D eigenvalue weighted by atomic mass is 16.5. The lowest BCUT2D eigenvalue weighted by Crippen LogP contribution is -2.43. The van der Waals surface area contributed by atoms with Crippen molar-refractivity contribution in [2.24, 2.45) is 5.92 Å². The number of amides is 1. The molecule has 2 unspecified atom stereocenters. The third kappa shape index (κ3) is 7.23. The van der Waals surface area contributed by atoms with Crippen LogP contribution < -0.4 is 5.32 Å². The van der Waals surface area contributed by atoms with Crippen molar-refractivity contribution in [3.05, 3.63) is 0 Å². The number of carboxylic acids is 1. The summed E-state index contributed by atoms with van der Waals surface area (Å²) in [5.74, 6) is -0.946. The number of hydrogen-bond donors (Lipinski definition) is 2. The lowest BCUT2D eigenvalue weighted by atomic mass is 10.1. The van der Waals surface area contributed by atoms with Crippen molar-refractivity contribution in [1.29, 1.82) is 0 Å². The molecule has 0 aliphatic carbocycles. The molecule has 5 nitrogen and oxygen atoms in total. The van der Waals surface area contributed by atoms with Crippen LogP contribution in [0.15, 0.2) is 0 Å². The van der Waals surface area contributed by atoms with Gasteiger partial charge in [-0.15, -0.1) is 0 Å². The fraction of sp³-hybridized carbons (Fsp3) is 0.818. The first kappa shape index (κ1) is 14.9. The number of carbonyl (C=O) groups is 2. The molecule has 0 aliphatic heterocycles. The SMILES string of the molecule is CC(=O)NC(COC(C)CC(C)C)C(=O)O. The molecule has 16 heavy (non-hydrogen) atoms. The summed E-state index contributed by atoms with van der Waals surface area (Å²) in [7, 11) is 0. The lowest BCUT2D eigenvalue weighted by molar-refractivity contribution is -0.144. The maximum absolute atomic E-state index is 10.8. The Labute approximate surface area is 96.2 Å². The van der Waals surface area contributed by atoms with E-state index in [0.29, 0.717) is 5.92 Å². The number of aliphatic carboxylic acids is 1. The zero-order valence-electron chi connectivity index (χ0n) is 10.3. The van der Waals surface area contributed by atoms with Crippen LogP contribution in [0.4, 0.5) is 0 Å². The minimum absolute atomic E-state index is 0.00278. The summed E-state index contributed by atoms with van der Waals surface area (Å²) in [4.78, 5) is 21.5. The zero-order valence-corrected chi connectivity index (χ0v) is 10.3. The molecule has 0 saturated carbocycles. The Balaban J connectivity index is 4.01. The first-order valence-electron chi connectivity index (χ1n) is 5.44. The minimum Gasteiger partial charge on any atom is -0.480 e. The molecule has 0 aromatic carbocycles. The topological polar surface area (TPSA) is 75.6 Å². The highest BCUT2D eigenvalue weighted by Gasteiger charge is 2.19. The molecule has 0 fully saturated rings. The van der Waals surface area contributed by atoms with Crippen LogP contribution in [0.3, 0.4) is 0 Å². The Morgan fingerprint density at radius 3 is 2.25 bits per heavy atom. The van der Waals surface area contributed by atoms with E-state index < -0.39 is 12.0 Å². The van der Waals surface area contributed by atoms with Gasteiger partial charge in [0.05, 0.1) is 12.7 Å². The van der Waals surface area contributed by atoms with Crippen LogP contribution in [0.25, 0.3) is 0 Å². The van der Waals surface area contributed by atoms with Gasteiger partial charge in [0.25, 0.3) is 0 Å². The number of ether oxygens (including phenoxy) is 1. The van der Waals surface area contributed by atoms with Crippen molar-refractivity contribution in [2.75, 3.05) is 6.61 Å². The fourth-order valence-electron chi connectivity index (χ4n) is 1.41. The van der Waals surface area contributed by atoms with Crippen molar-refractivity contribution in [1.82, 2.24) is 5.32 Å². The molecule has 0 bridgehead atoms. The smallest absolute Gasteiger partial charge is 0.328 e. The molecule has 2 N–H and O–H groups in total. The van der Waals surface area contributed by atoms with Gasteiger partial charge in [0, 0.05) is 6.92 Å². The third-order valence-corrected chi connectivity index (χ3v) is 2.03. The van der Waals surface area contributed by atoms with E-state index in [0.717, 1.165) is 6.42 Å². The summed E-state index contributed by atoms with van der Waals surface area (Å²) in [6.45, 7) is 7.33. The van der Waals surface area contributed by atoms with Crippen molar-refractivity contribution in [3.8, 4) is 0 Å². The van der Waals surface area contributed by atoms with Gasteiger partial charge in [-0.25, -0.2) is 4.79 Å². The number of nitrogens with one attached hydrogen (secondary N) is 1. The molecule has 0 heterocycles. The van der Waals surface area contributed by atoms with Crippen molar-refractivity contribution < 1.29 is 19.4 Å². The molecule has 0 saturated heterocycles. The standard InChI is InChI=1S/C11H21NO4/c1-7(2)5-8(3)16-6-10(11(14)15)12-9(4)13/h7-8,10H,5-6H2,1-4H3,(H,12,13)(H,14,15). The second-order valence-electron chi connectivity index (χ2n) is 4.36. The summed E-state index contributed by atoms with van der Waals surface area (Å²) in [5.41, 5.74) is 0. The van der Waals surface area contributed by atoms with Gasteiger partial charge in [0.15, 0.2) is 6.04 Å². The van der Waals surface area contributed by atoms with Crippen molar-refractivity contribution >= 4 is 11.9 Å². The Morgan fingerprint density at radius 1 is 1.31 bits per heavy atom. The lowest BCUT2D eigenvalue weighted by Gasteiger charge is -2.19. The average Bonchev–Trinajstić information content (AvgIpc) is 2.09. The van der Waals surface area contributed by atoms with E-state index in [9.17, 15) is 9.59 Å². The Hall–Kier alpha value is -1.10. The molecule has 0 aromatic heterocycles. The van der Waals surface area contributed by atoms with Gasteiger partial charge in [-0.1, -0.05) is 13.8 Å². The summed E-state index contributed by atoms with van der Waals surface area (Å²) >= 11 is 0. The maximum Gasteiger partial charge on any atom is 0.328 e. The van der Waals surface area contributed by atoms with Crippen LogP contribution in [0, 0.1) is 5.92 Å². The summed E-state index contributed by atoms with van der Waals surface area (Å²) in [6.07, 6.45) is 0.863. The Bertz CT molecular complexity index is 240. The van der Waals surface area contributed by atoms with Gasteiger partial charge in [-0.2, -0.15) is 0 Å². The quantitative estimate of drug-likeness (QED) is 0.686. The van der Waals surface area contributed by atoms with Crippen LogP contribution in [0.5, 0.6) is 0 Å². The van der Waals surface area contributed by atoms with Crippen LogP contribution in [0.2, 0.25) is 0 Å². The molecule has 0 spiro atoms. The van der Waals surface area contributed by atoms with E-state index in [1.807, 2.05) is 6.92 Å². The second kappa shape index (κ2) is 7.22. The molecule has 0 rings (SSSR count). The first-order valence-corrected chi connectivity index (χ1v) is 5.44. The van der Waals surface area contributed by atoms with Gasteiger partial charge < -0.3 is 15.2 Å². The number of hydrogen-bond acceptors (Lipinski definition) is 3. The highest BCUT2D eigenvalue weighted by molar-refractivity contribution is 5.82. The average molecular weight is 231 g/mol. The number of carbonyl (C=O) groups excluding carboxylic acids is 1. The first-order chi connectivity index (χ1) is 7.32. The number of carboxylic acid groups (broad SMARTS) is 1. The molecule has 0 radical (unpaired) electrons. The van der Waals surface area contributed by atoms with Gasteiger partial charge in [-0.3, -0.25) is 4.79 Å². The number of rotatable bonds is 7. The maximum atomic E-state index is 10.8. The van der Waals surface area contributed by atoms with Gasteiger partial charge in [0.2, 0.25) is 5.91 Å². The monoisotopic (exact) mass is 231 g/mol. The largest absolute Gasteiger partial charge is 0.480 e. The third-order valence-electron chi connectivity index (χ3n) is 2.03. The zero-order chi connectivity index (χ0) is 12.7. The Morgan fingerprint density at radius 2 is 1.88 bits per heavy atom. The van der Waals surface area contributed by atoms with E-state index in [4.69, 9.17) is 9.84 Å². The molecule has 2 atom stereocenters. The summed E-state index contributed by atoms with van der Waals surface area (Å²) < 4.78 is 5.38. The van der Waals surface area contributed by atoms with Crippen LogP contribution in [-0.4, -0.2) is 35.7 Å². The van der Waals surface area contributed by atoms with Gasteiger partial charge in [-0.05, 0) is 19.3 Å². The summed E-state index contributed by atoms with van der Waals surface area (Å²) in [5, 5.41) is 11.1. The molecule has 0 aliphatic rings. The van der Waals surface area contributed by atoms with Crippen LogP contribution in [-0.2, 0) is 14.3 Å².